The first-order valence-electron chi connectivity index (χ1n) is 15.8. The summed E-state index contributed by atoms with van der Waals surface area (Å²) in [6.07, 6.45) is 3.31. The first kappa shape index (κ1) is 36.4. The number of hydrogen-bond acceptors (Lipinski definition) is 9. The monoisotopic (exact) mass is 722 g/mol. The van der Waals surface area contributed by atoms with Gasteiger partial charge in [0.2, 0.25) is 5.91 Å². The molecule has 11 nitrogen and oxygen atoms in total. The zero-order valence-electron chi connectivity index (χ0n) is 27.9. The summed E-state index contributed by atoms with van der Waals surface area (Å²) < 4.78 is 10.3. The van der Waals surface area contributed by atoms with Crippen molar-refractivity contribution in [2.24, 2.45) is 0 Å². The molecule has 0 aliphatic heterocycles. The third kappa shape index (κ3) is 9.41. The molecule has 5 aromatic rings. The van der Waals surface area contributed by atoms with E-state index in [0.717, 1.165) is 11.3 Å². The second-order valence-electron chi connectivity index (χ2n) is 11.0. The van der Waals surface area contributed by atoms with Crippen LogP contribution in [0.3, 0.4) is 0 Å². The minimum absolute atomic E-state index is 0.0351. The van der Waals surface area contributed by atoms with Crippen LogP contribution in [0.5, 0.6) is 0 Å². The highest BCUT2D eigenvalue weighted by molar-refractivity contribution is 8.00. The van der Waals surface area contributed by atoms with Crippen molar-refractivity contribution < 1.29 is 33.1 Å². The van der Waals surface area contributed by atoms with Crippen LogP contribution in [0.1, 0.15) is 55.1 Å². The number of amides is 4. The number of methoxy groups -OCH3 is 1. The van der Waals surface area contributed by atoms with Crippen molar-refractivity contribution in [2.75, 3.05) is 23.1 Å². The topological polar surface area (TPSA) is 156 Å². The molecule has 13 heteroatoms. The maximum absolute atomic E-state index is 13.6. The summed E-state index contributed by atoms with van der Waals surface area (Å²) in [6, 6.07) is 27.6. The molecule has 4 N–H and O–H groups in total. The standard InChI is InChI=1S/C38H34N4O7S2/c1-4-30(35(45)42-37-31(38(47)48-3)23(2)32(51-37)36(46)39-25-15-9-6-10-16-25)50-28-19-11-17-26(21-28)40-34(44)29(22-27-18-12-20-49-27)41-33(43)24-13-7-5-8-14-24/h5-22,30H,4H2,1-3H3,(H,39,46)(H,40,44)(H,41,43)(H,42,45)/b29-22-. The van der Waals surface area contributed by atoms with Crippen molar-refractivity contribution in [1.29, 1.82) is 0 Å². The number of furan rings is 1. The number of carbonyl (C=O) groups excluding carboxylic acids is 5. The number of esters is 1. The summed E-state index contributed by atoms with van der Waals surface area (Å²) >= 11 is 2.25. The van der Waals surface area contributed by atoms with Gasteiger partial charge in [-0.25, -0.2) is 4.79 Å². The molecule has 0 saturated heterocycles. The van der Waals surface area contributed by atoms with Crippen LogP contribution in [-0.2, 0) is 14.3 Å². The smallest absolute Gasteiger partial charge is 0.341 e. The predicted octanol–water partition coefficient (Wildman–Crippen LogP) is 7.61. The van der Waals surface area contributed by atoms with E-state index in [9.17, 15) is 24.0 Å². The van der Waals surface area contributed by atoms with Crippen LogP contribution in [0.15, 0.2) is 118 Å². The van der Waals surface area contributed by atoms with E-state index in [-0.39, 0.29) is 27.0 Å². The highest BCUT2D eigenvalue weighted by atomic mass is 32.2. The van der Waals surface area contributed by atoms with Gasteiger partial charge in [-0.05, 0) is 73.5 Å². The van der Waals surface area contributed by atoms with E-state index in [1.807, 2.05) is 13.0 Å². The molecule has 0 bridgehead atoms. The molecule has 0 fully saturated rings. The van der Waals surface area contributed by atoms with Crippen LogP contribution in [0.25, 0.3) is 6.08 Å². The van der Waals surface area contributed by atoms with Crippen molar-refractivity contribution in [3.63, 3.8) is 0 Å². The predicted molar refractivity (Wildman–Crippen MR) is 199 cm³/mol. The molecule has 1 atom stereocenters. The molecule has 0 radical (unpaired) electrons. The fraction of sp³-hybridized carbons (Fsp3) is 0.132. The summed E-state index contributed by atoms with van der Waals surface area (Å²) in [5.74, 6) is -2.16. The van der Waals surface area contributed by atoms with Gasteiger partial charge in [0, 0.05) is 27.9 Å². The van der Waals surface area contributed by atoms with Gasteiger partial charge in [-0.1, -0.05) is 49.4 Å². The molecule has 260 valence electrons. The Morgan fingerprint density at radius 2 is 1.55 bits per heavy atom. The van der Waals surface area contributed by atoms with Gasteiger partial charge in [-0.3, -0.25) is 19.2 Å². The van der Waals surface area contributed by atoms with Crippen LogP contribution in [-0.4, -0.2) is 42.0 Å². The number of rotatable bonds is 13. The Kier molecular flexibility index (Phi) is 12.2. The van der Waals surface area contributed by atoms with E-state index < -0.39 is 28.9 Å². The first-order valence-corrected chi connectivity index (χ1v) is 17.4. The fourth-order valence-electron chi connectivity index (χ4n) is 4.86. The average Bonchev–Trinajstić information content (AvgIpc) is 3.78. The van der Waals surface area contributed by atoms with E-state index >= 15 is 0 Å². The number of thiophene rings is 1. The van der Waals surface area contributed by atoms with E-state index in [1.165, 1.54) is 31.2 Å². The fourth-order valence-corrected chi connectivity index (χ4v) is 6.96. The number of thioether (sulfide) groups is 1. The number of nitrogens with one attached hydrogen (secondary N) is 4. The lowest BCUT2D eigenvalue weighted by Crippen LogP contribution is -2.30. The largest absolute Gasteiger partial charge is 0.465 e. The Balaban J connectivity index is 1.30. The van der Waals surface area contributed by atoms with Gasteiger partial charge in [0.1, 0.15) is 16.5 Å². The molecule has 0 spiro atoms. The molecular weight excluding hydrogens is 689 g/mol. The van der Waals surface area contributed by atoms with Gasteiger partial charge in [-0.15, -0.1) is 23.1 Å². The Morgan fingerprint density at radius 1 is 0.843 bits per heavy atom. The summed E-state index contributed by atoms with van der Waals surface area (Å²) in [7, 11) is 1.23. The summed E-state index contributed by atoms with van der Waals surface area (Å²) in [5.41, 5.74) is 1.85. The molecule has 4 amide bonds. The van der Waals surface area contributed by atoms with Gasteiger partial charge in [0.25, 0.3) is 17.7 Å². The van der Waals surface area contributed by atoms with Gasteiger partial charge >= 0.3 is 5.97 Å². The number of benzene rings is 3. The molecule has 0 aliphatic rings. The van der Waals surface area contributed by atoms with E-state index in [4.69, 9.17) is 9.15 Å². The molecule has 51 heavy (non-hydrogen) atoms. The third-order valence-corrected chi connectivity index (χ3v) is 9.97. The molecule has 5 rings (SSSR count). The van der Waals surface area contributed by atoms with Crippen molar-refractivity contribution in [2.45, 2.75) is 30.4 Å². The highest BCUT2D eigenvalue weighted by Gasteiger charge is 2.28. The van der Waals surface area contributed by atoms with Crippen molar-refractivity contribution >= 4 is 75.1 Å². The van der Waals surface area contributed by atoms with Gasteiger partial charge < -0.3 is 30.4 Å². The number of anilines is 3. The molecule has 0 aliphatic carbocycles. The number of para-hydroxylation sites is 1. The molecule has 3 aromatic carbocycles. The van der Waals surface area contributed by atoms with E-state index in [0.29, 0.717) is 39.6 Å². The maximum atomic E-state index is 13.6. The number of carbonyl (C=O) groups is 5. The normalized spacial score (nSPS) is 11.6. The van der Waals surface area contributed by atoms with Crippen LogP contribution in [0, 0.1) is 6.92 Å². The lowest BCUT2D eigenvalue weighted by Gasteiger charge is -2.16. The van der Waals surface area contributed by atoms with Gasteiger partial charge in [-0.2, -0.15) is 0 Å². The second-order valence-corrected chi connectivity index (χ2v) is 13.2. The van der Waals surface area contributed by atoms with Crippen LogP contribution < -0.4 is 21.3 Å². The number of hydrogen-bond donors (Lipinski definition) is 4. The first-order chi connectivity index (χ1) is 24.7. The van der Waals surface area contributed by atoms with Crippen molar-refractivity contribution in [3.8, 4) is 0 Å². The Bertz CT molecular complexity index is 2060. The van der Waals surface area contributed by atoms with E-state index in [2.05, 4.69) is 21.3 Å². The van der Waals surface area contributed by atoms with Crippen LogP contribution in [0.4, 0.5) is 16.4 Å². The maximum Gasteiger partial charge on any atom is 0.341 e. The minimum Gasteiger partial charge on any atom is -0.465 e. The molecule has 2 heterocycles. The highest BCUT2D eigenvalue weighted by Crippen LogP contribution is 2.36. The zero-order valence-corrected chi connectivity index (χ0v) is 29.5. The van der Waals surface area contributed by atoms with Gasteiger partial charge in [0.05, 0.1) is 29.1 Å². The van der Waals surface area contributed by atoms with E-state index in [1.54, 1.807) is 97.9 Å². The van der Waals surface area contributed by atoms with Gasteiger partial charge in [0.15, 0.2) is 0 Å². The Labute approximate surface area is 302 Å². The SMILES string of the molecule is CCC(Sc1cccc(NC(=O)/C(=C/c2ccco2)NC(=O)c2ccccc2)c1)C(=O)Nc1sc(C(=O)Nc2ccccc2)c(C)c1C(=O)OC. The summed E-state index contributed by atoms with van der Waals surface area (Å²) in [6.45, 7) is 3.48. The zero-order chi connectivity index (χ0) is 36.3. The number of ether oxygens (including phenoxy) is 1. The van der Waals surface area contributed by atoms with Crippen molar-refractivity contribution in [1.82, 2.24) is 5.32 Å². The summed E-state index contributed by atoms with van der Waals surface area (Å²) in [5, 5.41) is 10.7. The Hall–Kier alpha value is -5.92. The molecule has 2 aromatic heterocycles. The molecular formula is C38H34N4O7S2. The van der Waals surface area contributed by atoms with Crippen molar-refractivity contribution in [3.05, 3.63) is 136 Å². The Morgan fingerprint density at radius 3 is 2.22 bits per heavy atom. The van der Waals surface area contributed by atoms with Crippen LogP contribution in [0.2, 0.25) is 0 Å². The minimum atomic E-state index is -0.678. The average molecular weight is 723 g/mol. The second kappa shape index (κ2) is 17.1. The lowest BCUT2D eigenvalue weighted by atomic mass is 10.1. The lowest BCUT2D eigenvalue weighted by molar-refractivity contribution is -0.116. The molecule has 1 unspecified atom stereocenters. The van der Waals surface area contributed by atoms with Crippen LogP contribution >= 0.6 is 23.1 Å². The summed E-state index contributed by atoms with van der Waals surface area (Å²) in [4.78, 5) is 66.8. The third-order valence-electron chi connectivity index (χ3n) is 7.40. The quantitative estimate of drug-likeness (QED) is 0.0550. The molecule has 0 saturated carbocycles.